The first kappa shape index (κ1) is 8.54. The third-order valence-electron chi connectivity index (χ3n) is 1.35. The molecule has 0 aliphatic heterocycles. The Balaban J connectivity index is 2.73. The van der Waals surface area contributed by atoms with E-state index >= 15 is 0 Å². The van der Waals surface area contributed by atoms with E-state index in [0.29, 0.717) is 0 Å². The van der Waals surface area contributed by atoms with E-state index in [0.717, 1.165) is 10.9 Å². The maximum absolute atomic E-state index is 3.72. The summed E-state index contributed by atoms with van der Waals surface area (Å²) in [4.78, 5) is 0. The van der Waals surface area contributed by atoms with Crippen LogP contribution >= 0.6 is 15.9 Å². The molecular weight excluding hydrogens is 200 g/mol. The molecule has 0 bridgehead atoms. The van der Waals surface area contributed by atoms with Crippen LogP contribution in [0.15, 0.2) is 34.8 Å². The monoisotopic (exact) mass is 209 g/mol. The molecule has 0 unspecified atom stereocenters. The van der Waals surface area contributed by atoms with Crippen molar-refractivity contribution < 1.29 is 0 Å². The lowest BCUT2D eigenvalue weighted by molar-refractivity contribution is 1.41. The predicted molar refractivity (Wildman–Crippen MR) is 53.2 cm³/mol. The van der Waals surface area contributed by atoms with Crippen molar-refractivity contribution in [2.24, 2.45) is 0 Å². The second-order valence-corrected chi connectivity index (χ2v) is 3.16. The minimum absolute atomic E-state index is 0.843. The van der Waals surface area contributed by atoms with Gasteiger partial charge in [0.1, 0.15) is 0 Å². The Morgan fingerprint density at radius 3 is 2.45 bits per heavy atom. The molecule has 0 saturated carbocycles. The molecular formula is C10H10Br. The van der Waals surface area contributed by atoms with Gasteiger partial charge in [-0.2, -0.15) is 0 Å². The zero-order valence-corrected chi connectivity index (χ0v) is 7.84. The molecule has 1 aromatic rings. The smallest absolute Gasteiger partial charge is 0.0175 e. The van der Waals surface area contributed by atoms with E-state index in [9.17, 15) is 0 Å². The van der Waals surface area contributed by atoms with Gasteiger partial charge in [-0.15, -0.1) is 0 Å². The largest absolute Gasteiger partial charge is 0.0839 e. The maximum Gasteiger partial charge on any atom is 0.0175 e. The van der Waals surface area contributed by atoms with Gasteiger partial charge < -0.3 is 0 Å². The first-order chi connectivity index (χ1) is 5.33. The minimum atomic E-state index is 0.843. The van der Waals surface area contributed by atoms with Crippen LogP contribution in [0.5, 0.6) is 0 Å². The Morgan fingerprint density at radius 2 is 1.91 bits per heavy atom. The summed E-state index contributed by atoms with van der Waals surface area (Å²) >= 11 is 3.38. The van der Waals surface area contributed by atoms with Crippen LogP contribution in [-0.4, -0.2) is 0 Å². The van der Waals surface area contributed by atoms with Crippen LogP contribution < -0.4 is 0 Å². The van der Waals surface area contributed by atoms with E-state index in [2.05, 4.69) is 41.1 Å². The maximum atomic E-state index is 3.72. The van der Waals surface area contributed by atoms with E-state index in [1.165, 1.54) is 5.56 Å². The second-order valence-electron chi connectivity index (χ2n) is 2.24. The Labute approximate surface area is 76.1 Å². The van der Waals surface area contributed by atoms with Gasteiger partial charge in [-0.1, -0.05) is 40.2 Å². The van der Waals surface area contributed by atoms with Crippen molar-refractivity contribution in [3.05, 3.63) is 47.3 Å². The highest BCUT2D eigenvalue weighted by molar-refractivity contribution is 9.10. The second kappa shape index (κ2) is 4.35. The summed E-state index contributed by atoms with van der Waals surface area (Å²) in [6.07, 6.45) is 4.96. The summed E-state index contributed by atoms with van der Waals surface area (Å²) in [5.74, 6) is 0. The van der Waals surface area contributed by atoms with Gasteiger partial charge in [0.15, 0.2) is 0 Å². The quantitative estimate of drug-likeness (QED) is 0.698. The van der Waals surface area contributed by atoms with Crippen LogP contribution in [0.25, 0.3) is 6.08 Å². The molecule has 57 valence electrons. The van der Waals surface area contributed by atoms with Crippen molar-refractivity contribution in [2.75, 3.05) is 0 Å². The summed E-state index contributed by atoms with van der Waals surface area (Å²) in [6, 6.07) is 8.19. The molecule has 0 saturated heterocycles. The first-order valence-electron chi connectivity index (χ1n) is 3.54. The highest BCUT2D eigenvalue weighted by Crippen LogP contribution is 2.11. The zero-order valence-electron chi connectivity index (χ0n) is 6.26. The molecule has 0 N–H and O–H groups in total. The van der Waals surface area contributed by atoms with E-state index in [-0.39, 0.29) is 0 Å². The Bertz CT molecular complexity index is 234. The first-order valence-corrected chi connectivity index (χ1v) is 4.33. The van der Waals surface area contributed by atoms with Crippen LogP contribution in [0.4, 0.5) is 0 Å². The lowest BCUT2D eigenvalue weighted by Gasteiger charge is -1.92. The molecule has 0 fully saturated rings. The molecule has 0 aromatic heterocycles. The molecule has 1 rings (SSSR count). The highest BCUT2D eigenvalue weighted by Gasteiger charge is 1.85. The summed E-state index contributed by atoms with van der Waals surface area (Å²) in [5, 5.41) is 0. The highest BCUT2D eigenvalue weighted by atomic mass is 79.9. The average Bonchev–Trinajstić information content (AvgIpc) is 2.04. The third kappa shape index (κ3) is 2.89. The normalized spacial score (nSPS) is 10.7. The Kier molecular flexibility index (Phi) is 3.37. The fourth-order valence-corrected chi connectivity index (χ4v) is 1.06. The molecule has 0 atom stereocenters. The summed E-state index contributed by atoms with van der Waals surface area (Å²) < 4.78 is 1.12. The number of benzene rings is 1. The van der Waals surface area contributed by atoms with Gasteiger partial charge in [-0.3, -0.25) is 0 Å². The van der Waals surface area contributed by atoms with Crippen molar-refractivity contribution >= 4 is 22.0 Å². The van der Waals surface area contributed by atoms with E-state index in [1.807, 2.05) is 18.2 Å². The molecule has 1 heteroatoms. The number of hydrogen-bond acceptors (Lipinski definition) is 0. The molecule has 0 aliphatic carbocycles. The van der Waals surface area contributed by atoms with Gasteiger partial charge in [0.2, 0.25) is 0 Å². The van der Waals surface area contributed by atoms with Crippen molar-refractivity contribution in [2.45, 2.75) is 6.42 Å². The number of allylic oxidation sites excluding steroid dienone is 1. The summed E-state index contributed by atoms with van der Waals surface area (Å²) in [6.45, 7) is 3.72. The van der Waals surface area contributed by atoms with Gasteiger partial charge in [0, 0.05) is 4.47 Å². The zero-order chi connectivity index (χ0) is 8.10. The molecule has 0 nitrogen and oxygen atoms in total. The van der Waals surface area contributed by atoms with Crippen LogP contribution in [0.2, 0.25) is 0 Å². The van der Waals surface area contributed by atoms with Crippen molar-refractivity contribution in [1.82, 2.24) is 0 Å². The molecule has 0 amide bonds. The SMILES string of the molecule is [CH2]C/C=C/c1ccc(Br)cc1. The average molecular weight is 210 g/mol. The number of hydrogen-bond donors (Lipinski definition) is 0. The van der Waals surface area contributed by atoms with Crippen LogP contribution in [0, 0.1) is 6.92 Å². The van der Waals surface area contributed by atoms with Gasteiger partial charge in [-0.05, 0) is 31.0 Å². The van der Waals surface area contributed by atoms with Gasteiger partial charge in [0.05, 0.1) is 0 Å². The molecule has 0 aliphatic rings. The van der Waals surface area contributed by atoms with E-state index < -0.39 is 0 Å². The van der Waals surface area contributed by atoms with Crippen LogP contribution in [-0.2, 0) is 0 Å². The lowest BCUT2D eigenvalue weighted by Crippen LogP contribution is -1.69. The standard InChI is InChI=1S/C10H10Br/c1-2-3-4-9-5-7-10(11)8-6-9/h3-8H,1-2H2/b4-3+. The molecule has 1 radical (unpaired) electrons. The van der Waals surface area contributed by atoms with Crippen molar-refractivity contribution in [3.63, 3.8) is 0 Å². The topological polar surface area (TPSA) is 0 Å². The molecule has 0 spiro atoms. The lowest BCUT2D eigenvalue weighted by atomic mass is 10.2. The van der Waals surface area contributed by atoms with Crippen molar-refractivity contribution in [1.29, 1.82) is 0 Å². The van der Waals surface area contributed by atoms with Crippen LogP contribution in [0.1, 0.15) is 12.0 Å². The molecule has 0 heterocycles. The van der Waals surface area contributed by atoms with E-state index in [4.69, 9.17) is 0 Å². The fraction of sp³-hybridized carbons (Fsp3) is 0.100. The van der Waals surface area contributed by atoms with Crippen molar-refractivity contribution in [3.8, 4) is 0 Å². The predicted octanol–water partition coefficient (Wildman–Crippen LogP) is 3.69. The van der Waals surface area contributed by atoms with Gasteiger partial charge in [-0.25, -0.2) is 0 Å². The number of rotatable bonds is 2. The van der Waals surface area contributed by atoms with Gasteiger partial charge in [0.25, 0.3) is 0 Å². The number of halogens is 1. The fourth-order valence-electron chi connectivity index (χ4n) is 0.793. The Hall–Kier alpha value is -0.560. The minimum Gasteiger partial charge on any atom is -0.0839 e. The van der Waals surface area contributed by atoms with E-state index in [1.54, 1.807) is 0 Å². The summed E-state index contributed by atoms with van der Waals surface area (Å²) in [5.41, 5.74) is 1.22. The molecule has 11 heavy (non-hydrogen) atoms. The van der Waals surface area contributed by atoms with Gasteiger partial charge >= 0.3 is 0 Å². The molecule has 1 aromatic carbocycles. The third-order valence-corrected chi connectivity index (χ3v) is 1.88. The summed E-state index contributed by atoms with van der Waals surface area (Å²) in [7, 11) is 0. The Morgan fingerprint density at radius 1 is 1.27 bits per heavy atom. The van der Waals surface area contributed by atoms with Crippen LogP contribution in [0.3, 0.4) is 0 Å².